The van der Waals surface area contributed by atoms with Gasteiger partial charge in [-0.25, -0.2) is 9.97 Å². The number of para-hydroxylation sites is 2. The van der Waals surface area contributed by atoms with E-state index >= 15 is 5.21 Å². The number of rotatable bonds is 5. The zero-order chi connectivity index (χ0) is 34.2. The van der Waals surface area contributed by atoms with Crippen LogP contribution in [0.15, 0.2) is 158 Å². The summed E-state index contributed by atoms with van der Waals surface area (Å²) in [5.74, 6) is 0.669. The fourth-order valence-corrected chi connectivity index (χ4v) is 7.92. The molecule has 0 bridgehead atoms. The zero-order valence-electron chi connectivity index (χ0n) is 28.3. The minimum atomic E-state index is -0.521. The third-order valence-corrected chi connectivity index (χ3v) is 10.4. The summed E-state index contributed by atoms with van der Waals surface area (Å²) in [7, 11) is 0. The van der Waals surface area contributed by atoms with Crippen molar-refractivity contribution in [3.05, 3.63) is 169 Å². The van der Waals surface area contributed by atoms with Crippen molar-refractivity contribution in [3.63, 3.8) is 0 Å². The first-order valence-corrected chi connectivity index (χ1v) is 17.8. The summed E-state index contributed by atoms with van der Waals surface area (Å²) < 4.78 is 2.00. The van der Waals surface area contributed by atoms with Crippen molar-refractivity contribution in [1.29, 1.82) is 0 Å². The Hall–Kier alpha value is -5.95. The van der Waals surface area contributed by atoms with E-state index in [4.69, 9.17) is 9.97 Å². The van der Waals surface area contributed by atoms with Crippen LogP contribution in [0.3, 0.4) is 0 Å². The van der Waals surface area contributed by atoms with Gasteiger partial charge >= 0.3 is 0 Å². The zero-order valence-corrected chi connectivity index (χ0v) is 28.3. The Morgan fingerprint density at radius 2 is 1.20 bits per heavy atom. The molecule has 4 heterocycles. The molecule has 6 heteroatoms. The summed E-state index contributed by atoms with van der Waals surface area (Å²) in [4.78, 5) is 14.4. The molecule has 5 aromatic carbocycles. The lowest BCUT2D eigenvalue weighted by Gasteiger charge is -2.42. The molecule has 2 unspecified atom stereocenters. The summed E-state index contributed by atoms with van der Waals surface area (Å²) in [5, 5.41) is 17.8. The van der Waals surface area contributed by atoms with Gasteiger partial charge in [-0.2, -0.15) is 0 Å². The number of pyridine rings is 1. The Bertz CT molecular complexity index is 2360. The molecule has 2 atom stereocenters. The van der Waals surface area contributed by atoms with Gasteiger partial charge in [0, 0.05) is 80.7 Å². The maximum atomic E-state index is 15.3. The van der Waals surface area contributed by atoms with Crippen LogP contribution in [-0.2, 0) is 6.42 Å². The lowest BCUT2D eigenvalue weighted by molar-refractivity contribution is 0.416. The molecule has 1 aliphatic rings. The van der Waals surface area contributed by atoms with Gasteiger partial charge in [-0.1, -0.05) is 97.1 Å². The minimum absolute atomic E-state index is 0.257. The summed E-state index contributed by atoms with van der Waals surface area (Å²) in [6.45, 7) is 0.438. The average molecular weight is 664 g/mol. The molecule has 9 rings (SSSR count). The van der Waals surface area contributed by atoms with Crippen molar-refractivity contribution >= 4 is 33.2 Å². The minimum Gasteiger partial charge on any atom is -0.622 e. The highest BCUT2D eigenvalue weighted by molar-refractivity contribution is 6.08. The Morgan fingerprint density at radius 1 is 0.608 bits per heavy atom. The van der Waals surface area contributed by atoms with E-state index in [2.05, 4.69) is 70.2 Å². The van der Waals surface area contributed by atoms with Gasteiger partial charge in [0.15, 0.2) is 5.82 Å². The van der Waals surface area contributed by atoms with Gasteiger partial charge in [-0.05, 0) is 56.0 Å². The standard InChI is InChI=1S/C45H37N5O/c51-50(37-25-22-33(23-26-37)41-30-40(32-12-3-1-4-13-32)47-45(48-41)34-14-5-2-6-15-34)29-11-16-36(24-21-35-31-46-28-27-44(35)50)49-42-19-9-7-17-38(42)39-18-8-10-20-43(39)49/h1-10,12-15,17-20,22-23,25-28,30-31,36H,11,16,21,24,29H2. The molecular weight excluding hydrogens is 627 g/mol. The summed E-state index contributed by atoms with van der Waals surface area (Å²) >= 11 is 0. The van der Waals surface area contributed by atoms with Crippen molar-refractivity contribution in [1.82, 2.24) is 24.2 Å². The SMILES string of the molecule is [O-][N+]1(c2ccc(-c3cc(-c4ccccc4)nc(-c4ccccc4)n3)cc2)CCCC(n2c3ccccc3c3ccccc32)CCc2cnccc21. The number of quaternary nitrogens is 1. The molecule has 8 aromatic rings. The second kappa shape index (κ2) is 13.1. The molecule has 248 valence electrons. The summed E-state index contributed by atoms with van der Waals surface area (Å²) in [6, 6.07) is 49.9. The monoisotopic (exact) mass is 663 g/mol. The Balaban J connectivity index is 1.08. The molecule has 6 nitrogen and oxygen atoms in total. The topological polar surface area (TPSA) is 66.7 Å². The number of hydroxylamine groups is 1. The highest BCUT2D eigenvalue weighted by atomic mass is 16.5. The lowest BCUT2D eigenvalue weighted by Crippen LogP contribution is -2.39. The fraction of sp³-hybridized carbons (Fsp3) is 0.133. The van der Waals surface area contributed by atoms with Crippen LogP contribution in [0.1, 0.15) is 30.9 Å². The van der Waals surface area contributed by atoms with Crippen LogP contribution in [0.5, 0.6) is 0 Å². The quantitative estimate of drug-likeness (QED) is 0.136. The van der Waals surface area contributed by atoms with Crippen LogP contribution in [0, 0.1) is 5.21 Å². The molecule has 0 N–H and O–H groups in total. The number of benzene rings is 5. The van der Waals surface area contributed by atoms with Crippen molar-refractivity contribution < 1.29 is 0 Å². The summed E-state index contributed by atoms with van der Waals surface area (Å²) in [6.07, 6.45) is 7.07. The molecular formula is C45H37N5O. The average Bonchev–Trinajstić information content (AvgIpc) is 3.56. The Labute approximate surface area is 297 Å². The van der Waals surface area contributed by atoms with E-state index in [-0.39, 0.29) is 6.04 Å². The van der Waals surface area contributed by atoms with E-state index in [0.29, 0.717) is 18.1 Å². The molecule has 1 aliphatic heterocycles. The van der Waals surface area contributed by atoms with Crippen molar-refractivity contribution in [3.8, 4) is 33.9 Å². The molecule has 3 aromatic heterocycles. The van der Waals surface area contributed by atoms with Gasteiger partial charge in [-0.15, -0.1) is 0 Å². The number of nitrogens with zero attached hydrogens (tertiary/aromatic N) is 5. The van der Waals surface area contributed by atoms with Gasteiger partial charge < -0.3 is 9.77 Å². The van der Waals surface area contributed by atoms with Crippen LogP contribution in [0.25, 0.3) is 55.7 Å². The van der Waals surface area contributed by atoms with E-state index in [9.17, 15) is 0 Å². The maximum Gasteiger partial charge on any atom is 0.160 e. The number of fused-ring (bicyclic) bond motifs is 4. The predicted molar refractivity (Wildman–Crippen MR) is 208 cm³/mol. The molecule has 0 amide bonds. The van der Waals surface area contributed by atoms with Gasteiger partial charge in [0.05, 0.1) is 17.9 Å². The third kappa shape index (κ3) is 5.69. The van der Waals surface area contributed by atoms with E-state index < -0.39 is 4.65 Å². The van der Waals surface area contributed by atoms with E-state index in [1.807, 2.05) is 91.1 Å². The molecule has 0 saturated carbocycles. The molecule has 0 fully saturated rings. The maximum absolute atomic E-state index is 15.3. The Morgan fingerprint density at radius 3 is 1.86 bits per heavy atom. The normalized spacial score (nSPS) is 17.8. The van der Waals surface area contributed by atoms with E-state index in [1.165, 1.54) is 21.8 Å². The first-order valence-electron chi connectivity index (χ1n) is 17.8. The number of aromatic nitrogens is 4. The smallest absolute Gasteiger partial charge is 0.160 e. The Kier molecular flexibility index (Phi) is 7.96. The second-order valence-corrected chi connectivity index (χ2v) is 13.4. The van der Waals surface area contributed by atoms with Crippen molar-refractivity contribution in [2.24, 2.45) is 0 Å². The highest BCUT2D eigenvalue weighted by Crippen LogP contribution is 2.42. The fourth-order valence-electron chi connectivity index (χ4n) is 7.92. The first-order chi connectivity index (χ1) is 25.2. The van der Waals surface area contributed by atoms with Crippen molar-refractivity contribution in [2.75, 3.05) is 6.54 Å². The van der Waals surface area contributed by atoms with E-state index in [0.717, 1.165) is 65.0 Å². The lowest BCUT2D eigenvalue weighted by atomic mass is 10.0. The molecule has 0 spiro atoms. The van der Waals surface area contributed by atoms with Crippen LogP contribution in [0.4, 0.5) is 11.4 Å². The number of hydrogen-bond acceptors (Lipinski definition) is 4. The highest BCUT2D eigenvalue weighted by Gasteiger charge is 2.30. The van der Waals surface area contributed by atoms with Crippen molar-refractivity contribution in [2.45, 2.75) is 31.7 Å². The molecule has 0 aliphatic carbocycles. The third-order valence-electron chi connectivity index (χ3n) is 10.4. The molecule has 0 radical (unpaired) electrons. The largest absolute Gasteiger partial charge is 0.622 e. The van der Waals surface area contributed by atoms with Gasteiger partial charge in [0.25, 0.3) is 0 Å². The number of aryl methyl sites for hydroxylation is 1. The molecule has 51 heavy (non-hydrogen) atoms. The second-order valence-electron chi connectivity index (χ2n) is 13.4. The van der Waals surface area contributed by atoms with Gasteiger partial charge in [-0.3, -0.25) is 9.63 Å². The van der Waals surface area contributed by atoms with Crippen LogP contribution < -0.4 is 4.65 Å². The number of hydrogen-bond donors (Lipinski definition) is 0. The first kappa shape index (κ1) is 31.1. The van der Waals surface area contributed by atoms with Crippen LogP contribution in [-0.4, -0.2) is 26.1 Å². The van der Waals surface area contributed by atoms with Gasteiger partial charge in [0.1, 0.15) is 11.4 Å². The van der Waals surface area contributed by atoms with Crippen LogP contribution >= 0.6 is 0 Å². The summed E-state index contributed by atoms with van der Waals surface area (Å²) in [5.41, 5.74) is 9.60. The molecule has 0 saturated heterocycles. The van der Waals surface area contributed by atoms with E-state index in [1.54, 1.807) is 6.20 Å². The van der Waals surface area contributed by atoms with Gasteiger partial charge in [0.2, 0.25) is 0 Å². The predicted octanol–water partition coefficient (Wildman–Crippen LogP) is 11.1. The van der Waals surface area contributed by atoms with Crippen LogP contribution in [0.2, 0.25) is 0 Å².